The Bertz CT molecular complexity index is 3930. The summed E-state index contributed by atoms with van der Waals surface area (Å²) in [5.41, 5.74) is 13.6. The molecule has 5 nitrogen and oxygen atoms in total. The predicted molar refractivity (Wildman–Crippen MR) is 313 cm³/mol. The molecule has 0 saturated carbocycles. The van der Waals surface area contributed by atoms with Crippen LogP contribution in [0.4, 0.5) is 0 Å². The topological polar surface area (TPSA) is 44.9 Å². The molecule has 3 heterocycles. The number of hydrogen-bond acceptors (Lipinski definition) is 3. The number of fused-ring (bicyclic) bond motifs is 3. The molecule has 5 heteroatoms. The van der Waals surface area contributed by atoms with Crippen LogP contribution in [-0.4, -0.2) is 19.3 Å². The van der Waals surface area contributed by atoms with E-state index in [1.807, 2.05) is 81.8 Å². The van der Waals surface area contributed by atoms with Gasteiger partial charge in [-0.05, 0) is 157 Å². The molecule has 0 amide bonds. The predicted octanol–water partition coefficient (Wildman–Crippen LogP) is 18.9. The van der Waals surface area contributed by atoms with Gasteiger partial charge in [-0.25, -0.2) is 9.67 Å². The van der Waals surface area contributed by atoms with Gasteiger partial charge in [0.25, 0.3) is 0 Å². The van der Waals surface area contributed by atoms with Gasteiger partial charge in [0, 0.05) is 54.7 Å². The third kappa shape index (κ3) is 9.85. The van der Waals surface area contributed by atoms with Crippen molar-refractivity contribution in [3.63, 3.8) is 0 Å². The third-order valence-corrected chi connectivity index (χ3v) is 14.5. The van der Waals surface area contributed by atoms with E-state index in [0.717, 1.165) is 66.6 Å². The molecule has 0 unspecified atom stereocenters. The molecule has 0 aliphatic rings. The van der Waals surface area contributed by atoms with E-state index in [-0.39, 0.29) is 32.9 Å². The number of nitrogens with zero attached hydrogens (tertiary/aromatic N) is 4. The molecule has 0 saturated heterocycles. The van der Waals surface area contributed by atoms with Gasteiger partial charge < -0.3 is 4.74 Å². The van der Waals surface area contributed by atoms with Crippen LogP contribution in [0.15, 0.2) is 164 Å². The largest absolute Gasteiger partial charge is 0.457 e. The number of benzene rings is 7. The van der Waals surface area contributed by atoms with Crippen LogP contribution in [0, 0.1) is 20.6 Å². The fourth-order valence-corrected chi connectivity index (χ4v) is 9.95. The monoisotopic (exact) mass is 979 g/mol. The number of pyridine rings is 1. The van der Waals surface area contributed by atoms with Gasteiger partial charge in [0.2, 0.25) is 0 Å². The summed E-state index contributed by atoms with van der Waals surface area (Å²) >= 11 is 0. The summed E-state index contributed by atoms with van der Waals surface area (Å²) in [4.78, 5) is 5.19. The van der Waals surface area contributed by atoms with Gasteiger partial charge in [0.15, 0.2) is 0 Å². The molecular weight excluding hydrogens is 901 g/mol. The Morgan fingerprint density at radius 1 is 0.446 bits per heavy atom. The first-order valence-electron chi connectivity index (χ1n) is 28.8. The lowest BCUT2D eigenvalue weighted by atomic mass is 9.79. The lowest BCUT2D eigenvalue weighted by Gasteiger charge is -2.26. The van der Waals surface area contributed by atoms with Crippen molar-refractivity contribution >= 4 is 21.8 Å². The minimum Gasteiger partial charge on any atom is -0.457 e. The van der Waals surface area contributed by atoms with Crippen molar-refractivity contribution in [1.82, 2.24) is 19.3 Å². The molecule has 74 heavy (non-hydrogen) atoms. The van der Waals surface area contributed by atoms with E-state index in [2.05, 4.69) is 159 Å². The summed E-state index contributed by atoms with van der Waals surface area (Å²) in [6.45, 7) is 22.6. The maximum Gasteiger partial charge on any atom is 0.137 e. The van der Waals surface area contributed by atoms with Crippen molar-refractivity contribution in [1.29, 1.82) is 0 Å². The van der Waals surface area contributed by atoms with Crippen LogP contribution in [0.3, 0.4) is 0 Å². The standard InChI is InChI=1S/C69H72N4O/c1-43-30-64(70-41-61(43)48-22-19-23-52(31-48)66(4,5)6)73-62-27-24-47(46-20-17-16-18-21-46)36-60(62)59-26-25-57(39-63(59)73)74-58-35-50(65-44(2)28-53(29-45(65)3)67(7,8)9)34-56(38-58)72-42-51(40-71-72)49-32-54(68(10,11)12)37-55(33-49)69(13,14)15/h16-42H,1-15H3/i2D3,3D3. The quantitative estimate of drug-likeness (QED) is 0.152. The second-order valence-electron chi connectivity index (χ2n) is 24.3. The van der Waals surface area contributed by atoms with Crippen LogP contribution >= 0.6 is 0 Å². The highest BCUT2D eigenvalue weighted by molar-refractivity contribution is 6.10. The van der Waals surface area contributed by atoms with Gasteiger partial charge in [-0.15, -0.1) is 0 Å². The average molecular weight is 979 g/mol. The number of aryl methyl sites for hydroxylation is 3. The second kappa shape index (κ2) is 18.5. The zero-order valence-electron chi connectivity index (χ0n) is 51.3. The Balaban J connectivity index is 1.17. The second-order valence-corrected chi connectivity index (χ2v) is 24.3. The van der Waals surface area contributed by atoms with E-state index in [0.29, 0.717) is 28.3 Å². The first-order chi connectivity index (χ1) is 37.3. The van der Waals surface area contributed by atoms with Crippen molar-refractivity contribution in [3.8, 4) is 67.5 Å². The van der Waals surface area contributed by atoms with Gasteiger partial charge in [0.05, 0.1) is 22.9 Å². The van der Waals surface area contributed by atoms with Crippen LogP contribution in [-0.2, 0) is 21.7 Å². The maximum atomic E-state index is 8.91. The van der Waals surface area contributed by atoms with E-state index in [1.165, 1.54) is 16.7 Å². The van der Waals surface area contributed by atoms with Crippen molar-refractivity contribution < 1.29 is 13.0 Å². The summed E-state index contributed by atoms with van der Waals surface area (Å²) in [6, 6.07) is 49.2. The summed E-state index contributed by atoms with van der Waals surface area (Å²) in [7, 11) is 0. The molecule has 0 bridgehead atoms. The Hall–Kier alpha value is -7.50. The molecule has 10 aromatic rings. The smallest absolute Gasteiger partial charge is 0.137 e. The SMILES string of the molecule is [2H]C([2H])([2H])c1cc(C(C)(C)C)cc(C([2H])([2H])[2H])c1-c1cc(Oc2ccc3c4cc(-c5ccccc5)ccc4n(-c4cc(C)c(-c5cccc(C(C)(C)C)c5)cn4)c3c2)cc(-n2cc(-c3cc(C(C)(C)C)cc(C(C)(C)C)c3)cn2)c1. The van der Waals surface area contributed by atoms with Crippen LogP contribution in [0.25, 0.3) is 77.8 Å². The summed E-state index contributed by atoms with van der Waals surface area (Å²) in [5, 5.41) is 6.98. The van der Waals surface area contributed by atoms with E-state index in [4.69, 9.17) is 23.0 Å². The number of rotatable bonds is 8. The molecule has 0 radical (unpaired) electrons. The van der Waals surface area contributed by atoms with Crippen molar-refractivity contribution in [2.75, 3.05) is 0 Å². The molecule has 0 aliphatic heterocycles. The molecule has 0 spiro atoms. The summed E-state index contributed by atoms with van der Waals surface area (Å²) in [6.07, 6.45) is 5.77. The fraction of sp³-hybridized carbons (Fsp3) is 0.275. The highest BCUT2D eigenvalue weighted by Crippen LogP contribution is 2.42. The van der Waals surface area contributed by atoms with Crippen molar-refractivity contribution in [2.24, 2.45) is 0 Å². The summed E-state index contributed by atoms with van der Waals surface area (Å²) in [5.74, 6) is 1.61. The lowest BCUT2D eigenvalue weighted by molar-refractivity contribution is 0.483. The first-order valence-corrected chi connectivity index (χ1v) is 25.8. The summed E-state index contributed by atoms with van der Waals surface area (Å²) < 4.78 is 64.4. The van der Waals surface area contributed by atoms with Crippen LogP contribution in [0.2, 0.25) is 0 Å². The Morgan fingerprint density at radius 2 is 1.09 bits per heavy atom. The van der Waals surface area contributed by atoms with E-state index >= 15 is 0 Å². The molecule has 0 aliphatic carbocycles. The number of hydrogen-bond donors (Lipinski definition) is 0. The van der Waals surface area contributed by atoms with Crippen LogP contribution in [0.1, 0.15) is 130 Å². The van der Waals surface area contributed by atoms with Gasteiger partial charge in [-0.2, -0.15) is 5.10 Å². The molecule has 374 valence electrons. The van der Waals surface area contributed by atoms with E-state index in [1.54, 1.807) is 22.9 Å². The van der Waals surface area contributed by atoms with Gasteiger partial charge >= 0.3 is 0 Å². The average Bonchev–Trinajstić information content (AvgIpc) is 4.21. The minimum atomic E-state index is -2.67. The molecular formula is C69H72N4O. The van der Waals surface area contributed by atoms with Gasteiger partial charge in [0.1, 0.15) is 17.3 Å². The van der Waals surface area contributed by atoms with Crippen molar-refractivity contribution in [3.05, 3.63) is 203 Å². The van der Waals surface area contributed by atoms with Crippen LogP contribution in [0.5, 0.6) is 11.5 Å². The zero-order chi connectivity index (χ0) is 57.6. The Kier molecular flexibility index (Phi) is 10.7. The number of ether oxygens (including phenoxy) is 1. The first kappa shape index (κ1) is 43.0. The maximum absolute atomic E-state index is 8.91. The Morgan fingerprint density at radius 3 is 1.74 bits per heavy atom. The van der Waals surface area contributed by atoms with E-state index in [9.17, 15) is 0 Å². The molecule has 0 N–H and O–H groups in total. The minimum absolute atomic E-state index is 0.0147. The molecule has 7 aromatic carbocycles. The lowest BCUT2D eigenvalue weighted by Crippen LogP contribution is -2.16. The van der Waals surface area contributed by atoms with Gasteiger partial charge in [-0.1, -0.05) is 174 Å². The van der Waals surface area contributed by atoms with Crippen LogP contribution < -0.4 is 4.74 Å². The molecule has 10 rings (SSSR count). The van der Waals surface area contributed by atoms with Crippen molar-refractivity contribution in [2.45, 2.75) is 125 Å². The molecule has 0 atom stereocenters. The highest BCUT2D eigenvalue weighted by Gasteiger charge is 2.24. The third-order valence-electron chi connectivity index (χ3n) is 14.5. The zero-order valence-corrected chi connectivity index (χ0v) is 45.3. The molecule has 3 aromatic heterocycles. The highest BCUT2D eigenvalue weighted by atomic mass is 16.5. The number of aromatic nitrogens is 4. The normalized spacial score (nSPS) is 14.1. The van der Waals surface area contributed by atoms with Gasteiger partial charge in [-0.3, -0.25) is 4.57 Å². The molecule has 0 fully saturated rings. The Labute approximate surface area is 448 Å². The fourth-order valence-electron chi connectivity index (χ4n) is 9.95. The van der Waals surface area contributed by atoms with E-state index < -0.39 is 19.1 Å².